The zero-order valence-electron chi connectivity index (χ0n) is 11.0. The molecule has 1 aromatic carbocycles. The maximum atomic E-state index is 12.0. The monoisotopic (exact) mass is 299 g/mol. The number of amides is 2. The molecule has 104 valence electrons. The Morgan fingerprint density at radius 2 is 2.05 bits per heavy atom. The number of nitrogens with one attached hydrogen (secondary N) is 2. The Balaban J connectivity index is 2.76. The third-order valence-corrected chi connectivity index (χ3v) is 3.74. The molecule has 0 atom stereocenters. The lowest BCUT2D eigenvalue weighted by Crippen LogP contribution is -2.57. The van der Waals surface area contributed by atoms with Crippen LogP contribution in [0.25, 0.3) is 0 Å². The van der Waals surface area contributed by atoms with Crippen molar-refractivity contribution >= 4 is 40.5 Å². The predicted octanol–water partition coefficient (Wildman–Crippen LogP) is 3.31. The van der Waals surface area contributed by atoms with Crippen molar-refractivity contribution in [3.05, 3.63) is 29.3 Å². The van der Waals surface area contributed by atoms with Gasteiger partial charge in [0.2, 0.25) is 0 Å². The van der Waals surface area contributed by atoms with E-state index in [4.69, 9.17) is 29.6 Å². The molecule has 19 heavy (non-hydrogen) atoms. The summed E-state index contributed by atoms with van der Waals surface area (Å²) in [6.45, 7) is 3.87. The molecule has 2 amide bonds. The van der Waals surface area contributed by atoms with Gasteiger partial charge in [-0.2, -0.15) is 0 Å². The first-order valence-electron chi connectivity index (χ1n) is 6.08. The standard InChI is InChI=1S/C13H18ClN3OS/c1-3-13(4-2,11(15)19)17-12(18)16-10-7-5-6-9(14)8-10/h5-8H,3-4H2,1-2H3,(H2,15,19)(H2,16,17,18). The third kappa shape index (κ3) is 4.08. The van der Waals surface area contributed by atoms with Gasteiger partial charge in [0.05, 0.1) is 10.5 Å². The maximum absolute atomic E-state index is 12.0. The number of halogens is 1. The molecule has 0 heterocycles. The summed E-state index contributed by atoms with van der Waals surface area (Å²) in [6.07, 6.45) is 1.28. The quantitative estimate of drug-likeness (QED) is 0.731. The number of benzene rings is 1. The fourth-order valence-electron chi connectivity index (χ4n) is 1.78. The average Bonchev–Trinajstić information content (AvgIpc) is 2.35. The maximum Gasteiger partial charge on any atom is 0.320 e. The molecule has 0 unspecified atom stereocenters. The average molecular weight is 300 g/mol. The van der Waals surface area contributed by atoms with Crippen molar-refractivity contribution in [2.45, 2.75) is 32.2 Å². The zero-order valence-corrected chi connectivity index (χ0v) is 12.6. The van der Waals surface area contributed by atoms with Crippen molar-refractivity contribution in [1.82, 2.24) is 5.32 Å². The minimum Gasteiger partial charge on any atom is -0.391 e. The highest BCUT2D eigenvalue weighted by Gasteiger charge is 2.31. The summed E-state index contributed by atoms with van der Waals surface area (Å²) in [6, 6.07) is 6.58. The lowest BCUT2D eigenvalue weighted by molar-refractivity contribution is 0.243. The minimum absolute atomic E-state index is 0.291. The Morgan fingerprint density at radius 3 is 2.53 bits per heavy atom. The van der Waals surface area contributed by atoms with Crippen molar-refractivity contribution in [1.29, 1.82) is 0 Å². The second kappa shape index (κ2) is 6.73. The first-order valence-corrected chi connectivity index (χ1v) is 6.86. The van der Waals surface area contributed by atoms with E-state index >= 15 is 0 Å². The van der Waals surface area contributed by atoms with Gasteiger partial charge in [0.25, 0.3) is 0 Å². The van der Waals surface area contributed by atoms with E-state index < -0.39 is 5.54 Å². The molecule has 0 bridgehead atoms. The number of hydrogen-bond donors (Lipinski definition) is 3. The molecule has 6 heteroatoms. The van der Waals surface area contributed by atoms with Crippen LogP contribution in [-0.2, 0) is 0 Å². The van der Waals surface area contributed by atoms with Gasteiger partial charge in [-0.3, -0.25) is 0 Å². The van der Waals surface area contributed by atoms with Gasteiger partial charge in [0.1, 0.15) is 0 Å². The van der Waals surface area contributed by atoms with Crippen LogP contribution in [0.3, 0.4) is 0 Å². The summed E-state index contributed by atoms with van der Waals surface area (Å²) in [5, 5.41) is 6.11. The van der Waals surface area contributed by atoms with Crippen LogP contribution in [0, 0.1) is 0 Å². The fraction of sp³-hybridized carbons (Fsp3) is 0.385. The van der Waals surface area contributed by atoms with E-state index in [1.807, 2.05) is 13.8 Å². The molecule has 0 saturated carbocycles. The minimum atomic E-state index is -0.655. The van der Waals surface area contributed by atoms with Crippen LogP contribution >= 0.6 is 23.8 Å². The molecule has 0 aliphatic rings. The van der Waals surface area contributed by atoms with Crippen LogP contribution in [0.15, 0.2) is 24.3 Å². The molecule has 0 saturated heterocycles. The van der Waals surface area contributed by atoms with Gasteiger partial charge in [-0.25, -0.2) is 4.79 Å². The summed E-state index contributed by atoms with van der Waals surface area (Å²) in [5.74, 6) is 0. The Kier molecular flexibility index (Phi) is 5.57. The third-order valence-electron chi connectivity index (χ3n) is 3.11. The highest BCUT2D eigenvalue weighted by molar-refractivity contribution is 7.80. The largest absolute Gasteiger partial charge is 0.391 e. The van der Waals surface area contributed by atoms with E-state index in [0.29, 0.717) is 28.5 Å². The molecule has 4 N–H and O–H groups in total. The molecule has 0 fully saturated rings. The van der Waals surface area contributed by atoms with E-state index in [1.54, 1.807) is 24.3 Å². The van der Waals surface area contributed by atoms with Gasteiger partial charge >= 0.3 is 6.03 Å². The van der Waals surface area contributed by atoms with E-state index in [1.165, 1.54) is 0 Å². The number of hydrogen-bond acceptors (Lipinski definition) is 2. The van der Waals surface area contributed by atoms with Crippen molar-refractivity contribution in [3.8, 4) is 0 Å². The van der Waals surface area contributed by atoms with E-state index in [0.717, 1.165) is 0 Å². The second-order valence-electron chi connectivity index (χ2n) is 4.24. The molecule has 4 nitrogen and oxygen atoms in total. The number of nitrogens with two attached hydrogens (primary N) is 1. The Morgan fingerprint density at radius 1 is 1.42 bits per heavy atom. The number of carbonyl (C=O) groups excluding carboxylic acids is 1. The fourth-order valence-corrected chi connectivity index (χ4v) is 2.31. The summed E-state index contributed by atoms with van der Waals surface area (Å²) in [7, 11) is 0. The Labute approximate surface area is 123 Å². The van der Waals surface area contributed by atoms with Gasteiger partial charge in [0.15, 0.2) is 0 Å². The smallest absolute Gasteiger partial charge is 0.320 e. The Bertz CT molecular complexity index is 475. The summed E-state index contributed by atoms with van der Waals surface area (Å²) in [4.78, 5) is 12.3. The predicted molar refractivity (Wildman–Crippen MR) is 83.7 cm³/mol. The van der Waals surface area contributed by atoms with Crippen molar-refractivity contribution < 1.29 is 4.79 Å². The van der Waals surface area contributed by atoms with Gasteiger partial charge in [-0.05, 0) is 31.0 Å². The lowest BCUT2D eigenvalue weighted by atomic mass is 9.93. The van der Waals surface area contributed by atoms with E-state index in [-0.39, 0.29) is 6.03 Å². The van der Waals surface area contributed by atoms with Crippen molar-refractivity contribution in [2.24, 2.45) is 5.73 Å². The molecule has 0 radical (unpaired) electrons. The normalized spacial score (nSPS) is 10.9. The molecule has 0 aromatic heterocycles. The zero-order chi connectivity index (χ0) is 14.5. The van der Waals surface area contributed by atoms with Gasteiger partial charge in [-0.1, -0.05) is 43.7 Å². The highest BCUT2D eigenvalue weighted by Crippen LogP contribution is 2.18. The topological polar surface area (TPSA) is 67.2 Å². The van der Waals surface area contributed by atoms with Gasteiger partial charge in [0, 0.05) is 10.7 Å². The first kappa shape index (κ1) is 15.7. The molecular formula is C13H18ClN3OS. The number of anilines is 1. The van der Waals surface area contributed by atoms with Crippen LogP contribution in [0.4, 0.5) is 10.5 Å². The summed E-state index contributed by atoms with van der Waals surface area (Å²) < 4.78 is 0. The van der Waals surface area contributed by atoms with E-state index in [9.17, 15) is 4.79 Å². The molecular weight excluding hydrogens is 282 g/mol. The highest BCUT2D eigenvalue weighted by atomic mass is 35.5. The number of rotatable bonds is 5. The van der Waals surface area contributed by atoms with Crippen LogP contribution in [0.2, 0.25) is 5.02 Å². The summed E-state index contributed by atoms with van der Waals surface area (Å²) >= 11 is 10.9. The van der Waals surface area contributed by atoms with E-state index in [2.05, 4.69) is 10.6 Å². The molecule has 1 aromatic rings. The van der Waals surface area contributed by atoms with Gasteiger partial charge in [-0.15, -0.1) is 0 Å². The lowest BCUT2D eigenvalue weighted by Gasteiger charge is -2.31. The van der Waals surface area contributed by atoms with Crippen LogP contribution in [0.5, 0.6) is 0 Å². The second-order valence-corrected chi connectivity index (χ2v) is 5.12. The number of carbonyl (C=O) groups is 1. The van der Waals surface area contributed by atoms with Crippen molar-refractivity contribution in [2.75, 3.05) is 5.32 Å². The summed E-state index contributed by atoms with van der Waals surface area (Å²) in [5.41, 5.74) is 5.69. The van der Waals surface area contributed by atoms with Crippen LogP contribution in [-0.4, -0.2) is 16.6 Å². The molecule has 0 spiro atoms. The van der Waals surface area contributed by atoms with Gasteiger partial charge < -0.3 is 16.4 Å². The molecule has 0 aliphatic carbocycles. The SMILES string of the molecule is CCC(CC)(NC(=O)Nc1cccc(Cl)c1)C(N)=S. The van der Waals surface area contributed by atoms with Crippen molar-refractivity contribution in [3.63, 3.8) is 0 Å². The van der Waals surface area contributed by atoms with Crippen LogP contribution < -0.4 is 16.4 Å². The Hall–Kier alpha value is -1.33. The molecule has 0 aliphatic heterocycles. The molecule has 1 rings (SSSR count). The number of urea groups is 1. The van der Waals surface area contributed by atoms with Crippen LogP contribution in [0.1, 0.15) is 26.7 Å². The number of thiocarbonyl (C=S) groups is 1. The first-order chi connectivity index (χ1) is 8.93.